The maximum atomic E-state index is 12.1. The summed E-state index contributed by atoms with van der Waals surface area (Å²) in [4.78, 5) is 0.101. The Bertz CT molecular complexity index is 767. The zero-order valence-electron chi connectivity index (χ0n) is 11.3. The van der Waals surface area contributed by atoms with Crippen LogP contribution in [0.4, 0.5) is 5.88 Å². The normalized spacial score (nSPS) is 10.8. The van der Waals surface area contributed by atoms with Crippen LogP contribution in [0, 0.1) is 18.8 Å². The highest BCUT2D eigenvalue weighted by Gasteiger charge is 2.16. The summed E-state index contributed by atoms with van der Waals surface area (Å²) in [5, 5.41) is 12.2. The molecule has 1 heterocycles. The molecule has 0 saturated heterocycles. The molecular weight excluding hydrogens is 292 g/mol. The van der Waals surface area contributed by atoms with E-state index in [4.69, 9.17) is 9.63 Å². The van der Waals surface area contributed by atoms with E-state index in [-0.39, 0.29) is 17.4 Å². The minimum Gasteiger partial charge on any atom is -0.395 e. The molecule has 0 aliphatic heterocycles. The van der Waals surface area contributed by atoms with Crippen molar-refractivity contribution in [2.45, 2.75) is 18.2 Å². The van der Waals surface area contributed by atoms with Gasteiger partial charge in [0.05, 0.1) is 17.2 Å². The molecule has 0 fully saturated rings. The van der Waals surface area contributed by atoms with Crippen LogP contribution in [0.5, 0.6) is 0 Å². The summed E-state index contributed by atoms with van der Waals surface area (Å²) in [6.07, 6.45) is 0.381. The Morgan fingerprint density at radius 1 is 1.33 bits per heavy atom. The van der Waals surface area contributed by atoms with Crippen LogP contribution in [0.25, 0.3) is 0 Å². The van der Waals surface area contributed by atoms with Crippen LogP contribution in [0.3, 0.4) is 0 Å². The van der Waals surface area contributed by atoms with Crippen molar-refractivity contribution in [1.82, 2.24) is 5.16 Å². The van der Waals surface area contributed by atoms with Gasteiger partial charge in [0.2, 0.25) is 5.88 Å². The summed E-state index contributed by atoms with van der Waals surface area (Å²) in [6.45, 7) is 1.70. The first kappa shape index (κ1) is 15.1. The molecule has 0 unspecified atom stereocenters. The van der Waals surface area contributed by atoms with E-state index in [0.29, 0.717) is 17.7 Å². The number of nitrogens with one attached hydrogen (secondary N) is 1. The highest BCUT2D eigenvalue weighted by atomic mass is 32.2. The van der Waals surface area contributed by atoms with Crippen LogP contribution in [0.15, 0.2) is 39.8 Å². The van der Waals surface area contributed by atoms with Gasteiger partial charge in [-0.1, -0.05) is 17.0 Å². The minimum atomic E-state index is -3.71. The molecule has 2 N–H and O–H groups in total. The molecule has 0 saturated carbocycles. The molecule has 0 atom stereocenters. The van der Waals surface area contributed by atoms with Gasteiger partial charge in [-0.3, -0.25) is 0 Å². The second-order valence-corrected chi connectivity index (χ2v) is 5.92. The summed E-state index contributed by atoms with van der Waals surface area (Å²) in [5.74, 6) is 5.66. The molecule has 0 spiro atoms. The Morgan fingerprint density at radius 3 is 2.62 bits per heavy atom. The summed E-state index contributed by atoms with van der Waals surface area (Å²) in [7, 11) is -3.71. The summed E-state index contributed by atoms with van der Waals surface area (Å²) >= 11 is 0. The largest absolute Gasteiger partial charge is 0.395 e. The lowest BCUT2D eigenvalue weighted by atomic mass is 10.2. The molecule has 21 heavy (non-hydrogen) atoms. The van der Waals surface area contributed by atoms with Gasteiger partial charge in [-0.05, 0) is 31.2 Å². The Hall–Kier alpha value is -2.30. The topological polar surface area (TPSA) is 92.4 Å². The highest BCUT2D eigenvalue weighted by Crippen LogP contribution is 2.17. The van der Waals surface area contributed by atoms with E-state index < -0.39 is 10.0 Å². The van der Waals surface area contributed by atoms with E-state index in [0.717, 1.165) is 0 Å². The molecule has 2 rings (SSSR count). The van der Waals surface area contributed by atoms with Crippen LogP contribution >= 0.6 is 0 Å². The van der Waals surface area contributed by atoms with Crippen LogP contribution in [0.2, 0.25) is 0 Å². The average Bonchev–Trinajstić information content (AvgIpc) is 2.84. The van der Waals surface area contributed by atoms with Gasteiger partial charge in [0, 0.05) is 18.1 Å². The number of aryl methyl sites for hydroxylation is 1. The van der Waals surface area contributed by atoms with Crippen molar-refractivity contribution in [2.24, 2.45) is 0 Å². The number of anilines is 1. The van der Waals surface area contributed by atoms with Crippen LogP contribution in [-0.4, -0.2) is 25.3 Å². The molecule has 0 radical (unpaired) electrons. The third-order valence-electron chi connectivity index (χ3n) is 2.50. The van der Waals surface area contributed by atoms with Gasteiger partial charge >= 0.3 is 0 Å². The molecular formula is C14H14N2O4S. The molecule has 0 aliphatic carbocycles. The molecule has 6 nitrogen and oxygen atoms in total. The zero-order valence-corrected chi connectivity index (χ0v) is 12.1. The van der Waals surface area contributed by atoms with Gasteiger partial charge in [-0.15, -0.1) is 0 Å². The van der Waals surface area contributed by atoms with Gasteiger partial charge in [0.15, 0.2) is 0 Å². The number of aromatic nitrogens is 1. The first-order valence-electron chi connectivity index (χ1n) is 6.17. The molecule has 110 valence electrons. The van der Waals surface area contributed by atoms with Gasteiger partial charge in [0.25, 0.3) is 10.0 Å². The predicted octanol–water partition coefficient (Wildman–Crippen LogP) is 1.52. The van der Waals surface area contributed by atoms with Crippen molar-refractivity contribution >= 4 is 15.9 Å². The number of hydrogen-bond acceptors (Lipinski definition) is 5. The molecule has 2 aromatic rings. The monoisotopic (exact) mass is 306 g/mol. The first-order valence-corrected chi connectivity index (χ1v) is 7.65. The van der Waals surface area contributed by atoms with Crippen molar-refractivity contribution in [3.63, 3.8) is 0 Å². The van der Waals surface area contributed by atoms with Crippen molar-refractivity contribution < 1.29 is 18.0 Å². The first-order chi connectivity index (χ1) is 10.0. The Morgan fingerprint density at radius 2 is 2.05 bits per heavy atom. The van der Waals surface area contributed by atoms with Crippen LogP contribution in [-0.2, 0) is 10.0 Å². The Kier molecular flexibility index (Phi) is 4.62. The molecule has 1 aromatic heterocycles. The minimum absolute atomic E-state index is 0.0000177. The number of aliphatic hydroxyl groups is 1. The van der Waals surface area contributed by atoms with Gasteiger partial charge in [-0.2, -0.15) is 0 Å². The molecule has 0 amide bonds. The summed E-state index contributed by atoms with van der Waals surface area (Å²) in [5.41, 5.74) is 1.26. The number of rotatable bonds is 4. The summed E-state index contributed by atoms with van der Waals surface area (Å²) in [6, 6.07) is 7.60. The number of sulfonamides is 1. The molecule has 1 aromatic carbocycles. The maximum absolute atomic E-state index is 12.1. The third-order valence-corrected chi connectivity index (χ3v) is 3.86. The van der Waals surface area contributed by atoms with Gasteiger partial charge < -0.3 is 9.63 Å². The summed E-state index contributed by atoms with van der Waals surface area (Å²) < 4.78 is 31.4. The number of benzene rings is 1. The Balaban J connectivity index is 2.15. The van der Waals surface area contributed by atoms with E-state index >= 15 is 0 Å². The van der Waals surface area contributed by atoms with E-state index in [1.165, 1.54) is 18.2 Å². The predicted molar refractivity (Wildman–Crippen MR) is 77.1 cm³/mol. The van der Waals surface area contributed by atoms with Gasteiger partial charge in [0.1, 0.15) is 0 Å². The number of hydrogen-bond donors (Lipinski definition) is 2. The molecule has 7 heteroatoms. The number of nitrogens with zero attached hydrogens (tertiary/aromatic N) is 1. The smallest absolute Gasteiger partial charge is 0.264 e. The number of aliphatic hydroxyl groups excluding tert-OH is 1. The van der Waals surface area contributed by atoms with E-state index in [2.05, 4.69) is 21.7 Å². The Labute approximate surface area is 122 Å². The van der Waals surface area contributed by atoms with E-state index in [9.17, 15) is 8.42 Å². The third kappa shape index (κ3) is 4.08. The van der Waals surface area contributed by atoms with Crippen molar-refractivity contribution in [2.75, 3.05) is 11.3 Å². The molecule has 0 bridgehead atoms. The zero-order chi connectivity index (χ0) is 15.3. The lowest BCUT2D eigenvalue weighted by Crippen LogP contribution is -2.12. The fraction of sp³-hybridized carbons (Fsp3) is 0.214. The second-order valence-electron chi connectivity index (χ2n) is 4.24. The fourth-order valence-corrected chi connectivity index (χ4v) is 2.51. The lowest BCUT2D eigenvalue weighted by Gasteiger charge is -2.04. The van der Waals surface area contributed by atoms with Crippen LogP contribution in [0.1, 0.15) is 17.7 Å². The highest BCUT2D eigenvalue weighted by molar-refractivity contribution is 7.92. The van der Waals surface area contributed by atoms with Crippen molar-refractivity contribution in [3.05, 3.63) is 41.6 Å². The maximum Gasteiger partial charge on any atom is 0.264 e. The van der Waals surface area contributed by atoms with E-state index in [1.807, 2.05) is 0 Å². The van der Waals surface area contributed by atoms with Gasteiger partial charge in [-0.25, -0.2) is 13.1 Å². The van der Waals surface area contributed by atoms with E-state index in [1.54, 1.807) is 19.1 Å². The van der Waals surface area contributed by atoms with Crippen LogP contribution < -0.4 is 4.72 Å². The van der Waals surface area contributed by atoms with Crippen molar-refractivity contribution in [3.8, 4) is 11.8 Å². The second kappa shape index (κ2) is 6.43. The van der Waals surface area contributed by atoms with Crippen molar-refractivity contribution in [1.29, 1.82) is 0 Å². The average molecular weight is 306 g/mol. The lowest BCUT2D eigenvalue weighted by molar-refractivity contribution is 0.305. The quantitative estimate of drug-likeness (QED) is 0.835. The fourth-order valence-electron chi connectivity index (χ4n) is 1.54. The SMILES string of the molecule is Cc1cc(NS(=O)(=O)c2ccc(C#CCCO)cc2)on1. The standard InChI is InChI=1S/C14H14N2O4S/c1-11-10-14(20-15-11)16-21(18,19)13-7-5-12(6-8-13)4-2-3-9-17/h5-8,10,16-17H,3,9H2,1H3. The molecule has 0 aliphatic rings.